The van der Waals surface area contributed by atoms with Gasteiger partial charge < -0.3 is 19.9 Å². The molecule has 2 aromatic rings. The molecule has 0 aliphatic rings. The summed E-state index contributed by atoms with van der Waals surface area (Å²) in [6.07, 6.45) is 5.25. The number of hydrogen-bond donors (Lipinski definition) is 2. The van der Waals surface area contributed by atoms with Gasteiger partial charge in [-0.05, 0) is 42.5 Å². The van der Waals surface area contributed by atoms with E-state index < -0.39 is 11.9 Å². The first-order chi connectivity index (χ1) is 11.5. The summed E-state index contributed by atoms with van der Waals surface area (Å²) in [4.78, 5) is 23.4. The van der Waals surface area contributed by atoms with Gasteiger partial charge >= 0.3 is 5.97 Å². The Morgan fingerprint density at radius 1 is 1.21 bits per heavy atom. The number of esters is 1. The molecule has 2 aromatic carbocycles. The Kier molecular flexibility index (Phi) is 5.42. The van der Waals surface area contributed by atoms with Gasteiger partial charge in [-0.25, -0.2) is 4.79 Å². The van der Waals surface area contributed by atoms with Crippen LogP contribution in [0.1, 0.15) is 15.9 Å². The van der Waals surface area contributed by atoms with E-state index in [0.717, 1.165) is 0 Å². The predicted octanol–water partition coefficient (Wildman–Crippen LogP) is 2.18. The van der Waals surface area contributed by atoms with E-state index in [4.69, 9.17) is 11.2 Å². The molecular formula is C18H15NO5. The van der Waals surface area contributed by atoms with Crippen LogP contribution in [0.15, 0.2) is 42.5 Å². The second-order valence-electron chi connectivity index (χ2n) is 4.73. The topological polar surface area (TPSA) is 84.9 Å². The first-order valence-corrected chi connectivity index (χ1v) is 6.94. The van der Waals surface area contributed by atoms with Crippen LogP contribution in [-0.2, 0) is 9.53 Å². The Labute approximate surface area is 139 Å². The van der Waals surface area contributed by atoms with Crippen LogP contribution in [0.3, 0.4) is 0 Å². The molecule has 24 heavy (non-hydrogen) atoms. The fourth-order valence-electron chi connectivity index (χ4n) is 1.86. The smallest absolute Gasteiger partial charge is 0.337 e. The van der Waals surface area contributed by atoms with Crippen molar-refractivity contribution < 1.29 is 24.2 Å². The lowest BCUT2D eigenvalue weighted by molar-refractivity contribution is -0.118. The van der Waals surface area contributed by atoms with Gasteiger partial charge in [-0.15, -0.1) is 6.42 Å². The van der Waals surface area contributed by atoms with Crippen LogP contribution in [0, 0.1) is 12.3 Å². The van der Waals surface area contributed by atoms with Crippen LogP contribution in [0.2, 0.25) is 0 Å². The van der Waals surface area contributed by atoms with Crippen LogP contribution in [0.4, 0.5) is 5.69 Å². The molecular weight excluding hydrogens is 310 g/mol. The van der Waals surface area contributed by atoms with Crippen molar-refractivity contribution in [2.24, 2.45) is 0 Å². The highest BCUT2D eigenvalue weighted by atomic mass is 16.5. The van der Waals surface area contributed by atoms with Crippen molar-refractivity contribution in [2.45, 2.75) is 0 Å². The third-order valence-electron chi connectivity index (χ3n) is 3.08. The fourth-order valence-corrected chi connectivity index (χ4v) is 1.86. The van der Waals surface area contributed by atoms with Crippen LogP contribution >= 0.6 is 0 Å². The van der Waals surface area contributed by atoms with Gasteiger partial charge in [0.1, 0.15) is 11.5 Å². The van der Waals surface area contributed by atoms with Gasteiger partial charge in [0, 0.05) is 5.56 Å². The lowest BCUT2D eigenvalue weighted by atomic mass is 10.2. The molecule has 0 spiro atoms. The highest BCUT2D eigenvalue weighted by Crippen LogP contribution is 2.24. The number of phenols is 1. The second kappa shape index (κ2) is 7.70. The molecule has 6 heteroatoms. The Bertz CT molecular complexity index is 790. The maximum Gasteiger partial charge on any atom is 0.337 e. The van der Waals surface area contributed by atoms with Crippen molar-refractivity contribution in [3.8, 4) is 23.8 Å². The van der Waals surface area contributed by atoms with Gasteiger partial charge in [0.05, 0.1) is 18.4 Å². The zero-order chi connectivity index (χ0) is 17.5. The van der Waals surface area contributed by atoms with Gasteiger partial charge in [0.25, 0.3) is 5.91 Å². The molecule has 1 amide bonds. The molecule has 2 N–H and O–H groups in total. The van der Waals surface area contributed by atoms with Crippen molar-refractivity contribution in [1.29, 1.82) is 0 Å². The van der Waals surface area contributed by atoms with Crippen molar-refractivity contribution in [2.75, 3.05) is 19.0 Å². The zero-order valence-electron chi connectivity index (χ0n) is 12.9. The van der Waals surface area contributed by atoms with Crippen molar-refractivity contribution in [3.05, 3.63) is 53.6 Å². The van der Waals surface area contributed by atoms with E-state index in [-0.39, 0.29) is 23.6 Å². The normalized spacial score (nSPS) is 9.67. The number of phenolic OH excluding ortho intramolecular Hbond substituents is 1. The summed E-state index contributed by atoms with van der Waals surface area (Å²) in [6, 6.07) is 10.7. The van der Waals surface area contributed by atoms with E-state index in [2.05, 4.69) is 16.0 Å². The number of hydrogen-bond acceptors (Lipinski definition) is 5. The lowest BCUT2D eigenvalue weighted by Gasteiger charge is -2.10. The number of carbonyl (C=O) groups excluding carboxylic acids is 2. The van der Waals surface area contributed by atoms with Gasteiger partial charge in [0.15, 0.2) is 6.61 Å². The molecule has 0 saturated heterocycles. The zero-order valence-corrected chi connectivity index (χ0v) is 12.9. The van der Waals surface area contributed by atoms with Gasteiger partial charge in [-0.2, -0.15) is 0 Å². The van der Waals surface area contributed by atoms with Gasteiger partial charge in [-0.1, -0.05) is 5.92 Å². The number of terminal acetylenes is 1. The van der Waals surface area contributed by atoms with Crippen molar-refractivity contribution in [1.82, 2.24) is 0 Å². The summed E-state index contributed by atoms with van der Waals surface area (Å²) in [6.45, 7) is -0.267. The Balaban J connectivity index is 1.99. The van der Waals surface area contributed by atoms with Crippen LogP contribution in [0.5, 0.6) is 11.5 Å². The Morgan fingerprint density at radius 3 is 2.54 bits per heavy atom. The van der Waals surface area contributed by atoms with Gasteiger partial charge in [0.2, 0.25) is 0 Å². The number of ether oxygens (including phenoxy) is 2. The first kappa shape index (κ1) is 16.9. The fraction of sp³-hybridized carbons (Fsp3) is 0.111. The predicted molar refractivity (Wildman–Crippen MR) is 87.9 cm³/mol. The maximum atomic E-state index is 11.9. The highest BCUT2D eigenvalue weighted by molar-refractivity contribution is 5.96. The summed E-state index contributed by atoms with van der Waals surface area (Å²) in [5.74, 6) is 1.72. The molecule has 0 bridgehead atoms. The molecule has 0 atom stereocenters. The molecule has 0 radical (unpaired) electrons. The standard InChI is InChI=1S/C18H15NO5/c1-3-12-4-7-14(8-5-12)24-11-17(21)19-15-10-13(18(22)23-2)6-9-16(15)20/h1,4-10,20H,11H2,2H3,(H,19,21). The average molecular weight is 325 g/mol. The van der Waals surface area contributed by atoms with E-state index in [9.17, 15) is 14.7 Å². The van der Waals surface area contributed by atoms with Crippen molar-refractivity contribution in [3.63, 3.8) is 0 Å². The minimum absolute atomic E-state index is 0.0918. The molecule has 0 heterocycles. The minimum Gasteiger partial charge on any atom is -0.506 e. The average Bonchev–Trinajstić information content (AvgIpc) is 2.61. The molecule has 0 unspecified atom stereocenters. The first-order valence-electron chi connectivity index (χ1n) is 6.94. The molecule has 0 aliphatic carbocycles. The maximum absolute atomic E-state index is 11.9. The summed E-state index contributed by atoms with van der Waals surface area (Å²) >= 11 is 0. The van der Waals surface area contributed by atoms with E-state index in [1.54, 1.807) is 24.3 Å². The van der Waals surface area contributed by atoms with Gasteiger partial charge in [-0.3, -0.25) is 4.79 Å². The van der Waals surface area contributed by atoms with Crippen LogP contribution in [0.25, 0.3) is 0 Å². The lowest BCUT2D eigenvalue weighted by Crippen LogP contribution is -2.20. The third kappa shape index (κ3) is 4.27. The summed E-state index contributed by atoms with van der Waals surface area (Å²) in [5, 5.41) is 12.2. The minimum atomic E-state index is -0.574. The largest absolute Gasteiger partial charge is 0.506 e. The Morgan fingerprint density at radius 2 is 1.92 bits per heavy atom. The monoisotopic (exact) mass is 325 g/mol. The van der Waals surface area contributed by atoms with Crippen LogP contribution < -0.4 is 10.1 Å². The van der Waals surface area contributed by atoms with E-state index >= 15 is 0 Å². The third-order valence-corrected chi connectivity index (χ3v) is 3.08. The Hall–Kier alpha value is -3.46. The summed E-state index contributed by atoms with van der Waals surface area (Å²) in [5.41, 5.74) is 1.00. The summed E-state index contributed by atoms with van der Waals surface area (Å²) in [7, 11) is 1.24. The molecule has 0 saturated carbocycles. The number of aromatic hydroxyl groups is 1. The second-order valence-corrected chi connectivity index (χ2v) is 4.73. The highest BCUT2D eigenvalue weighted by Gasteiger charge is 2.12. The quantitative estimate of drug-likeness (QED) is 0.500. The van der Waals surface area contributed by atoms with E-state index in [0.29, 0.717) is 11.3 Å². The molecule has 6 nitrogen and oxygen atoms in total. The number of amides is 1. The number of carbonyl (C=O) groups is 2. The molecule has 122 valence electrons. The SMILES string of the molecule is C#Cc1ccc(OCC(=O)Nc2cc(C(=O)OC)ccc2O)cc1. The molecule has 0 aromatic heterocycles. The number of methoxy groups -OCH3 is 1. The number of nitrogens with one attached hydrogen (secondary N) is 1. The van der Waals surface area contributed by atoms with Crippen LogP contribution in [-0.4, -0.2) is 30.7 Å². The van der Waals surface area contributed by atoms with Crippen molar-refractivity contribution >= 4 is 17.6 Å². The number of anilines is 1. The number of benzene rings is 2. The molecule has 2 rings (SSSR count). The number of rotatable bonds is 5. The van der Waals surface area contributed by atoms with E-state index in [1.807, 2.05) is 0 Å². The van der Waals surface area contributed by atoms with E-state index in [1.165, 1.54) is 25.3 Å². The molecule has 0 fully saturated rings. The molecule has 0 aliphatic heterocycles. The summed E-state index contributed by atoms with van der Waals surface area (Å²) < 4.78 is 9.91.